The topological polar surface area (TPSA) is 76.2 Å². The van der Waals surface area contributed by atoms with Crippen LogP contribution in [0.1, 0.15) is 0 Å². The molecule has 122 valence electrons. The Labute approximate surface area is 146 Å². The van der Waals surface area contributed by atoms with Crippen LogP contribution < -0.4 is 10.6 Å². The average Bonchev–Trinajstić information content (AvgIpc) is 3.17. The number of carbonyl (C=O) groups excluding carboxylic acids is 1. The standard InChI is InChI=1S/C17H12N6OS/c1-18-11-5-6-13-15(8-11)25-17(21-13)22-16(24)20-12-4-3-10-9-19-23(2)14(10)7-12/h3-9H,2H3,(H2,20,21,22,24). The van der Waals surface area contributed by atoms with Gasteiger partial charge in [0.15, 0.2) is 10.8 Å². The van der Waals surface area contributed by atoms with E-state index in [9.17, 15) is 4.79 Å². The molecule has 2 aromatic heterocycles. The van der Waals surface area contributed by atoms with Gasteiger partial charge in [-0.05, 0) is 30.3 Å². The highest BCUT2D eigenvalue weighted by Gasteiger charge is 2.09. The van der Waals surface area contributed by atoms with Gasteiger partial charge in [-0.2, -0.15) is 5.10 Å². The van der Waals surface area contributed by atoms with E-state index in [1.807, 2.05) is 25.2 Å². The van der Waals surface area contributed by atoms with Crippen molar-refractivity contribution in [2.45, 2.75) is 0 Å². The number of urea groups is 1. The summed E-state index contributed by atoms with van der Waals surface area (Å²) in [6, 6.07) is 10.5. The average molecular weight is 348 g/mol. The molecule has 2 heterocycles. The first-order valence-corrected chi connectivity index (χ1v) is 8.22. The number of rotatable bonds is 2. The third-order valence-electron chi connectivity index (χ3n) is 3.73. The van der Waals surface area contributed by atoms with Gasteiger partial charge in [0.05, 0.1) is 23.8 Å². The minimum absolute atomic E-state index is 0.369. The van der Waals surface area contributed by atoms with Crippen molar-refractivity contribution >= 4 is 55.0 Å². The zero-order chi connectivity index (χ0) is 17.4. The molecule has 0 saturated carbocycles. The van der Waals surface area contributed by atoms with Crippen LogP contribution in [0, 0.1) is 6.57 Å². The summed E-state index contributed by atoms with van der Waals surface area (Å²) in [5.74, 6) is 0. The third-order valence-corrected chi connectivity index (χ3v) is 4.66. The second-order valence-electron chi connectivity index (χ2n) is 5.40. The molecule has 2 aromatic carbocycles. The van der Waals surface area contributed by atoms with Crippen LogP contribution in [0.4, 0.5) is 21.3 Å². The van der Waals surface area contributed by atoms with Crippen molar-refractivity contribution in [3.8, 4) is 0 Å². The number of anilines is 2. The van der Waals surface area contributed by atoms with Crippen LogP contribution >= 0.6 is 11.3 Å². The molecule has 0 aliphatic rings. The molecule has 8 heteroatoms. The zero-order valence-corrected chi connectivity index (χ0v) is 14.0. The second kappa shape index (κ2) is 5.89. The fourth-order valence-corrected chi connectivity index (χ4v) is 3.41. The molecule has 0 aliphatic carbocycles. The van der Waals surface area contributed by atoms with Crippen LogP contribution in [0.25, 0.3) is 26.0 Å². The van der Waals surface area contributed by atoms with Crippen LogP contribution in [-0.4, -0.2) is 20.8 Å². The van der Waals surface area contributed by atoms with Gasteiger partial charge in [-0.1, -0.05) is 17.4 Å². The Bertz CT molecular complexity index is 1150. The second-order valence-corrected chi connectivity index (χ2v) is 6.43. The van der Waals surface area contributed by atoms with Gasteiger partial charge in [-0.15, -0.1) is 0 Å². The molecule has 25 heavy (non-hydrogen) atoms. The van der Waals surface area contributed by atoms with Crippen LogP contribution in [0.3, 0.4) is 0 Å². The Morgan fingerprint density at radius 3 is 2.96 bits per heavy atom. The fraction of sp³-hybridized carbons (Fsp3) is 0.0588. The fourth-order valence-electron chi connectivity index (χ4n) is 2.52. The highest BCUT2D eigenvalue weighted by Crippen LogP contribution is 2.29. The number of nitrogens with zero attached hydrogens (tertiary/aromatic N) is 4. The number of carbonyl (C=O) groups is 1. The van der Waals surface area contributed by atoms with E-state index in [4.69, 9.17) is 6.57 Å². The maximum absolute atomic E-state index is 12.2. The van der Waals surface area contributed by atoms with E-state index in [1.165, 1.54) is 11.3 Å². The molecule has 0 unspecified atom stereocenters. The Hall–Kier alpha value is -3.44. The molecule has 0 radical (unpaired) electrons. The maximum atomic E-state index is 12.2. The molecule has 2 N–H and O–H groups in total. The highest BCUT2D eigenvalue weighted by molar-refractivity contribution is 7.22. The van der Waals surface area contributed by atoms with Crippen molar-refractivity contribution in [2.24, 2.45) is 7.05 Å². The number of aromatic nitrogens is 3. The van der Waals surface area contributed by atoms with E-state index in [-0.39, 0.29) is 6.03 Å². The normalized spacial score (nSPS) is 10.7. The maximum Gasteiger partial charge on any atom is 0.325 e. The van der Waals surface area contributed by atoms with E-state index < -0.39 is 0 Å². The summed E-state index contributed by atoms with van der Waals surface area (Å²) in [6.45, 7) is 7.05. The van der Waals surface area contributed by atoms with Gasteiger partial charge in [0.2, 0.25) is 0 Å². The van der Waals surface area contributed by atoms with Crippen molar-refractivity contribution in [3.63, 3.8) is 0 Å². The molecule has 0 spiro atoms. The zero-order valence-electron chi connectivity index (χ0n) is 13.1. The van der Waals surface area contributed by atoms with Crippen LogP contribution in [0.15, 0.2) is 42.6 Å². The van der Waals surface area contributed by atoms with Gasteiger partial charge in [0.1, 0.15) is 0 Å². The smallest absolute Gasteiger partial charge is 0.308 e. The first-order valence-electron chi connectivity index (χ1n) is 7.40. The number of hydrogen-bond donors (Lipinski definition) is 2. The predicted octanol–water partition coefficient (Wildman–Crippen LogP) is 4.38. The monoisotopic (exact) mass is 348 g/mol. The van der Waals surface area contributed by atoms with Crippen molar-refractivity contribution < 1.29 is 4.79 Å². The van der Waals surface area contributed by atoms with E-state index in [2.05, 4.69) is 25.6 Å². The van der Waals surface area contributed by atoms with Crippen molar-refractivity contribution in [2.75, 3.05) is 10.6 Å². The van der Waals surface area contributed by atoms with Gasteiger partial charge in [0, 0.05) is 22.8 Å². The van der Waals surface area contributed by atoms with Gasteiger partial charge >= 0.3 is 6.03 Å². The summed E-state index contributed by atoms with van der Waals surface area (Å²) in [6.07, 6.45) is 1.78. The lowest BCUT2D eigenvalue weighted by Crippen LogP contribution is -2.19. The van der Waals surface area contributed by atoms with E-state index in [0.29, 0.717) is 16.5 Å². The first-order chi connectivity index (χ1) is 12.1. The quantitative estimate of drug-likeness (QED) is 0.528. The lowest BCUT2D eigenvalue weighted by molar-refractivity contribution is 0.262. The van der Waals surface area contributed by atoms with Gasteiger partial charge in [0.25, 0.3) is 0 Å². The third kappa shape index (κ3) is 2.88. The summed E-state index contributed by atoms with van der Waals surface area (Å²) < 4.78 is 2.61. The molecule has 0 bridgehead atoms. The number of thiazole rings is 1. The summed E-state index contributed by atoms with van der Waals surface area (Å²) in [7, 11) is 1.85. The molecular weight excluding hydrogens is 336 g/mol. The number of benzene rings is 2. The Morgan fingerprint density at radius 1 is 1.24 bits per heavy atom. The van der Waals surface area contributed by atoms with Crippen LogP contribution in [0.5, 0.6) is 0 Å². The minimum atomic E-state index is -0.369. The molecule has 2 amide bonds. The van der Waals surface area contributed by atoms with Gasteiger partial charge in [-0.3, -0.25) is 10.00 Å². The van der Waals surface area contributed by atoms with E-state index in [1.54, 1.807) is 29.1 Å². The largest absolute Gasteiger partial charge is 0.325 e. The van der Waals surface area contributed by atoms with Crippen LogP contribution in [-0.2, 0) is 7.05 Å². The number of aryl methyl sites for hydroxylation is 1. The van der Waals surface area contributed by atoms with Crippen molar-refractivity contribution in [1.82, 2.24) is 14.8 Å². The van der Waals surface area contributed by atoms with Crippen molar-refractivity contribution in [3.05, 3.63) is 54.0 Å². The Kier molecular flexibility index (Phi) is 3.56. The molecule has 0 aliphatic heterocycles. The predicted molar refractivity (Wildman–Crippen MR) is 99.2 cm³/mol. The van der Waals surface area contributed by atoms with Crippen LogP contribution in [0.2, 0.25) is 0 Å². The van der Waals surface area contributed by atoms with E-state index in [0.717, 1.165) is 21.1 Å². The molecule has 0 saturated heterocycles. The number of amides is 2. The number of hydrogen-bond acceptors (Lipinski definition) is 4. The summed E-state index contributed by atoms with van der Waals surface area (Å²) in [5.41, 5.74) is 2.91. The summed E-state index contributed by atoms with van der Waals surface area (Å²) >= 11 is 1.33. The summed E-state index contributed by atoms with van der Waals surface area (Å²) in [4.78, 5) is 20.0. The lowest BCUT2D eigenvalue weighted by Gasteiger charge is -2.05. The van der Waals surface area contributed by atoms with E-state index >= 15 is 0 Å². The molecule has 0 atom stereocenters. The molecule has 0 fully saturated rings. The lowest BCUT2D eigenvalue weighted by atomic mass is 10.2. The minimum Gasteiger partial charge on any atom is -0.308 e. The highest BCUT2D eigenvalue weighted by atomic mass is 32.1. The number of nitrogens with one attached hydrogen (secondary N) is 2. The van der Waals surface area contributed by atoms with Gasteiger partial charge in [-0.25, -0.2) is 14.6 Å². The molecule has 4 aromatic rings. The van der Waals surface area contributed by atoms with Crippen molar-refractivity contribution in [1.29, 1.82) is 0 Å². The molecule has 4 rings (SSSR count). The first kappa shape index (κ1) is 15.1. The number of fused-ring (bicyclic) bond motifs is 2. The summed E-state index contributed by atoms with van der Waals surface area (Å²) in [5, 5.41) is 11.2. The molecular formula is C17H12N6OS. The van der Waals surface area contributed by atoms with Gasteiger partial charge < -0.3 is 5.32 Å². The molecule has 7 nitrogen and oxygen atoms in total. The SMILES string of the molecule is [C-]#[N+]c1ccc2nc(NC(=O)Nc3ccc4cnn(C)c4c3)sc2c1. The Morgan fingerprint density at radius 2 is 2.12 bits per heavy atom. The Balaban J connectivity index is 1.53.